The number of hydrogen-bond donors (Lipinski definition) is 0. The molecule has 0 aromatic carbocycles. The Morgan fingerprint density at radius 1 is 0.714 bits per heavy atom. The quantitative estimate of drug-likeness (QED) is 0.242. The summed E-state index contributed by atoms with van der Waals surface area (Å²) < 4.78 is 6.42. The van der Waals surface area contributed by atoms with Crippen LogP contribution in [0.5, 0.6) is 0 Å². The predicted octanol–water partition coefficient (Wildman–Crippen LogP) is 6.41. The molecule has 1 rings (SSSR count). The van der Waals surface area contributed by atoms with E-state index in [1.165, 1.54) is 57.8 Å². The molecule has 1 aliphatic rings. The van der Waals surface area contributed by atoms with E-state index in [1.54, 1.807) is 0 Å². The molecule has 1 atom stereocenters. The van der Waals surface area contributed by atoms with Crippen LogP contribution >= 0.6 is 0 Å². The van der Waals surface area contributed by atoms with E-state index in [0.717, 1.165) is 0 Å². The van der Waals surface area contributed by atoms with Gasteiger partial charge in [0.15, 0.2) is 0 Å². The second-order valence-corrected chi connectivity index (χ2v) is 20.1. The van der Waals surface area contributed by atoms with E-state index in [9.17, 15) is 0 Å². The molecule has 0 amide bonds. The first-order valence-corrected chi connectivity index (χ1v) is 16.3. The van der Waals surface area contributed by atoms with E-state index in [2.05, 4.69) is 46.2 Å². The summed E-state index contributed by atoms with van der Waals surface area (Å²) in [6, 6.07) is 0. The van der Waals surface area contributed by atoms with Crippen molar-refractivity contribution in [3.8, 4) is 0 Å². The minimum absolute atomic E-state index is 0.362. The van der Waals surface area contributed by atoms with Crippen LogP contribution in [0.1, 0.15) is 64.7 Å². The smallest absolute Gasteiger partial charge is 0.0817 e. The highest BCUT2D eigenvalue weighted by Crippen LogP contribution is 2.52. The highest BCUT2D eigenvalue weighted by atomic mass is 28.4. The molecule has 0 radical (unpaired) electrons. The van der Waals surface area contributed by atoms with Crippen molar-refractivity contribution in [1.82, 2.24) is 0 Å². The highest BCUT2D eigenvalue weighted by molar-refractivity contribution is 6.99. The molecule has 0 aromatic rings. The summed E-state index contributed by atoms with van der Waals surface area (Å²) >= 11 is 0. The van der Waals surface area contributed by atoms with Crippen molar-refractivity contribution in [3.05, 3.63) is 0 Å². The van der Waals surface area contributed by atoms with Crippen molar-refractivity contribution in [2.75, 3.05) is 0 Å². The van der Waals surface area contributed by atoms with E-state index in [1.807, 2.05) is 0 Å². The second kappa shape index (κ2) is 7.78. The molecule has 0 aromatic heterocycles. The molecule has 1 heterocycles. The first-order chi connectivity index (χ1) is 9.67. The summed E-state index contributed by atoms with van der Waals surface area (Å²) in [5.74, 6) is 0. The van der Waals surface area contributed by atoms with Crippen LogP contribution in [0.2, 0.25) is 39.3 Å². The van der Waals surface area contributed by atoms with Crippen molar-refractivity contribution in [2.45, 2.75) is 115 Å². The molecule has 0 bridgehead atoms. The van der Waals surface area contributed by atoms with Crippen LogP contribution in [0.4, 0.5) is 0 Å². The Morgan fingerprint density at radius 2 is 1.14 bits per heavy atom. The fraction of sp³-hybridized carbons (Fsp3) is 1.00. The summed E-state index contributed by atoms with van der Waals surface area (Å²) in [6.45, 7) is 17.4. The molecular weight excluding hydrogens is 288 g/mol. The Kier molecular flexibility index (Phi) is 7.20. The number of epoxide rings is 1. The van der Waals surface area contributed by atoms with Gasteiger partial charge >= 0.3 is 0 Å². The third-order valence-corrected chi connectivity index (χ3v) is 15.1. The number of rotatable bonds is 11. The summed E-state index contributed by atoms with van der Waals surface area (Å²) in [5, 5.41) is 0. The summed E-state index contributed by atoms with van der Waals surface area (Å²) in [5.41, 5.74) is 0. The standard InChI is InChI=1S/C18H40OSi2/c1-8-9-10-11-12-13-14-15-16-17-18(19-17,20(2,3)4)21(5,6)7/h17H,8-16H2,1-7H3/t17-/m0/s1. The van der Waals surface area contributed by atoms with E-state index in [0.29, 0.717) is 11.0 Å². The highest BCUT2D eigenvalue weighted by Gasteiger charge is 2.69. The number of hydrogen-bond acceptors (Lipinski definition) is 1. The maximum Gasteiger partial charge on any atom is 0.0817 e. The Labute approximate surface area is 136 Å². The largest absolute Gasteiger partial charge is 0.374 e. The van der Waals surface area contributed by atoms with E-state index < -0.39 is 16.1 Å². The maximum absolute atomic E-state index is 6.42. The lowest BCUT2D eigenvalue weighted by Gasteiger charge is -2.36. The van der Waals surface area contributed by atoms with Crippen LogP contribution in [0.15, 0.2) is 0 Å². The second-order valence-electron chi connectivity index (χ2n) is 9.11. The van der Waals surface area contributed by atoms with Crippen LogP contribution in [0, 0.1) is 0 Å². The van der Waals surface area contributed by atoms with Gasteiger partial charge in [-0.2, -0.15) is 0 Å². The fourth-order valence-corrected chi connectivity index (χ4v) is 16.6. The van der Waals surface area contributed by atoms with E-state index >= 15 is 0 Å². The van der Waals surface area contributed by atoms with Crippen LogP contribution in [0.25, 0.3) is 0 Å². The third-order valence-electron chi connectivity index (χ3n) is 5.27. The molecular formula is C18H40OSi2. The Hall–Kier alpha value is 0.394. The number of unbranched alkanes of at least 4 members (excludes halogenated alkanes) is 7. The first kappa shape index (κ1) is 19.4. The predicted molar refractivity (Wildman–Crippen MR) is 102 cm³/mol. The fourth-order valence-electron chi connectivity index (χ4n) is 4.36. The Balaban J connectivity index is 2.23. The molecule has 1 fully saturated rings. The van der Waals surface area contributed by atoms with Gasteiger partial charge in [-0.1, -0.05) is 97.6 Å². The zero-order valence-electron chi connectivity index (χ0n) is 15.8. The van der Waals surface area contributed by atoms with Crippen molar-refractivity contribution in [3.63, 3.8) is 0 Å². The molecule has 0 saturated carbocycles. The van der Waals surface area contributed by atoms with Gasteiger partial charge in [0.1, 0.15) is 0 Å². The molecule has 0 N–H and O–H groups in total. The van der Waals surface area contributed by atoms with Crippen molar-refractivity contribution >= 4 is 16.1 Å². The van der Waals surface area contributed by atoms with Gasteiger partial charge < -0.3 is 4.74 Å². The van der Waals surface area contributed by atoms with Gasteiger partial charge in [-0.05, 0) is 6.42 Å². The minimum Gasteiger partial charge on any atom is -0.374 e. The van der Waals surface area contributed by atoms with Gasteiger partial charge in [-0.15, -0.1) is 0 Å². The van der Waals surface area contributed by atoms with E-state index in [4.69, 9.17) is 4.74 Å². The van der Waals surface area contributed by atoms with Gasteiger partial charge in [-0.3, -0.25) is 0 Å². The minimum atomic E-state index is -1.22. The Morgan fingerprint density at radius 3 is 1.52 bits per heavy atom. The number of ether oxygens (including phenoxy) is 1. The lowest BCUT2D eigenvalue weighted by atomic mass is 10.1. The summed E-state index contributed by atoms with van der Waals surface area (Å²) in [6.07, 6.45) is 13.3. The zero-order chi connectivity index (χ0) is 16.1. The van der Waals surface area contributed by atoms with Crippen LogP contribution in [-0.4, -0.2) is 27.1 Å². The maximum atomic E-state index is 6.42. The van der Waals surface area contributed by atoms with Crippen LogP contribution in [0.3, 0.4) is 0 Å². The topological polar surface area (TPSA) is 12.5 Å². The SMILES string of the molecule is CCCCCCCCCC[C@@H]1OC1([Si](C)(C)C)[Si](C)(C)C. The van der Waals surface area contributed by atoms with Gasteiger partial charge in [0.2, 0.25) is 0 Å². The Bertz CT molecular complexity index is 287. The molecule has 0 aliphatic carbocycles. The van der Waals surface area contributed by atoms with Crippen LogP contribution < -0.4 is 0 Å². The average molecular weight is 329 g/mol. The monoisotopic (exact) mass is 328 g/mol. The van der Waals surface area contributed by atoms with Crippen molar-refractivity contribution in [2.24, 2.45) is 0 Å². The molecule has 0 unspecified atom stereocenters. The summed E-state index contributed by atoms with van der Waals surface area (Å²) in [4.78, 5) is 0.362. The van der Waals surface area contributed by atoms with E-state index in [-0.39, 0.29) is 0 Å². The van der Waals surface area contributed by atoms with Gasteiger partial charge in [0.25, 0.3) is 0 Å². The normalized spacial score (nSPS) is 21.6. The first-order valence-electron chi connectivity index (χ1n) is 9.34. The molecule has 1 aliphatic heterocycles. The molecule has 0 spiro atoms. The zero-order valence-corrected chi connectivity index (χ0v) is 17.8. The van der Waals surface area contributed by atoms with Crippen molar-refractivity contribution < 1.29 is 4.74 Å². The molecule has 126 valence electrons. The lowest BCUT2D eigenvalue weighted by molar-refractivity contribution is 0.363. The molecule has 3 heteroatoms. The van der Waals surface area contributed by atoms with Crippen LogP contribution in [-0.2, 0) is 4.74 Å². The van der Waals surface area contributed by atoms with Gasteiger partial charge in [-0.25, -0.2) is 0 Å². The van der Waals surface area contributed by atoms with Gasteiger partial charge in [0.05, 0.1) is 27.1 Å². The molecule has 1 nitrogen and oxygen atoms in total. The molecule has 1 saturated heterocycles. The average Bonchev–Trinajstić information content (AvgIpc) is 3.07. The molecule has 21 heavy (non-hydrogen) atoms. The van der Waals surface area contributed by atoms with Crippen molar-refractivity contribution in [1.29, 1.82) is 0 Å². The summed E-state index contributed by atoms with van der Waals surface area (Å²) in [7, 11) is -2.45. The van der Waals surface area contributed by atoms with Gasteiger partial charge in [0, 0.05) is 0 Å². The lowest BCUT2D eigenvalue weighted by Crippen LogP contribution is -2.59. The third kappa shape index (κ3) is 4.93.